The summed E-state index contributed by atoms with van der Waals surface area (Å²) in [5, 5.41) is 5.02. The molecule has 0 heterocycles. The first-order chi connectivity index (χ1) is 12.1. The van der Waals surface area contributed by atoms with Crippen LogP contribution in [0.25, 0.3) is 10.8 Å². The van der Waals surface area contributed by atoms with Crippen LogP contribution in [0.2, 0.25) is 0 Å². The Kier molecular flexibility index (Phi) is 4.89. The Morgan fingerprint density at radius 3 is 2.24 bits per heavy atom. The molecule has 128 valence electrons. The Balaban J connectivity index is 1.68. The number of hydrogen-bond acceptors (Lipinski definition) is 3. The first-order valence-corrected chi connectivity index (χ1v) is 8.13. The highest BCUT2D eigenvalue weighted by Crippen LogP contribution is 2.25. The van der Waals surface area contributed by atoms with Gasteiger partial charge in [0.2, 0.25) is 0 Å². The highest BCUT2D eigenvalue weighted by molar-refractivity contribution is 5.93. The molecular formula is C21H21NO3. The number of fused-ring (bicyclic) bond motifs is 1. The molecule has 0 aliphatic carbocycles. The molecule has 3 aromatic carbocycles. The van der Waals surface area contributed by atoms with Gasteiger partial charge < -0.3 is 14.8 Å². The summed E-state index contributed by atoms with van der Waals surface area (Å²) in [6, 6.07) is 17.5. The van der Waals surface area contributed by atoms with Gasteiger partial charge in [0.15, 0.2) is 6.61 Å². The molecule has 0 aromatic heterocycles. The Labute approximate surface area is 147 Å². The van der Waals surface area contributed by atoms with Crippen LogP contribution in [0, 0.1) is 13.8 Å². The minimum atomic E-state index is -0.178. The smallest absolute Gasteiger partial charge is 0.262 e. The number of nitrogens with one attached hydrogen (secondary N) is 1. The standard InChI is InChI=1S/C21H21NO3/c1-14-5-4-6-15(2)21(14)22-20(23)13-25-19-10-8-16-7-9-18(24-3)11-17(16)12-19/h4-12H,13H2,1-3H3,(H,22,23). The molecule has 4 nitrogen and oxygen atoms in total. The van der Waals surface area contributed by atoms with E-state index < -0.39 is 0 Å². The molecule has 3 rings (SSSR count). The van der Waals surface area contributed by atoms with Gasteiger partial charge in [0.25, 0.3) is 5.91 Å². The summed E-state index contributed by atoms with van der Waals surface area (Å²) in [7, 11) is 1.64. The van der Waals surface area contributed by atoms with Gasteiger partial charge >= 0.3 is 0 Å². The van der Waals surface area contributed by atoms with Crippen LogP contribution in [0.15, 0.2) is 54.6 Å². The van der Waals surface area contributed by atoms with E-state index in [2.05, 4.69) is 5.32 Å². The zero-order chi connectivity index (χ0) is 17.8. The van der Waals surface area contributed by atoms with Gasteiger partial charge in [0.05, 0.1) is 7.11 Å². The molecule has 0 saturated carbocycles. The molecule has 0 saturated heterocycles. The monoisotopic (exact) mass is 335 g/mol. The van der Waals surface area contributed by atoms with Crippen LogP contribution in [0.1, 0.15) is 11.1 Å². The molecule has 1 amide bonds. The number of ether oxygens (including phenoxy) is 2. The molecule has 25 heavy (non-hydrogen) atoms. The summed E-state index contributed by atoms with van der Waals surface area (Å²) >= 11 is 0. The van der Waals surface area contributed by atoms with E-state index in [-0.39, 0.29) is 12.5 Å². The molecule has 0 aliphatic heterocycles. The van der Waals surface area contributed by atoms with E-state index in [1.165, 1.54) is 0 Å². The first-order valence-electron chi connectivity index (χ1n) is 8.13. The SMILES string of the molecule is COc1ccc2ccc(OCC(=O)Nc3c(C)cccc3C)cc2c1. The van der Waals surface area contributed by atoms with Crippen LogP contribution in [-0.2, 0) is 4.79 Å². The zero-order valence-corrected chi connectivity index (χ0v) is 14.6. The van der Waals surface area contributed by atoms with Crippen molar-refractivity contribution in [3.8, 4) is 11.5 Å². The fourth-order valence-corrected chi connectivity index (χ4v) is 2.76. The Morgan fingerprint density at radius 1 is 0.920 bits per heavy atom. The van der Waals surface area contributed by atoms with Gasteiger partial charge in [-0.05, 0) is 60.0 Å². The van der Waals surface area contributed by atoms with Crippen molar-refractivity contribution in [2.75, 3.05) is 19.0 Å². The Bertz CT molecular complexity index is 898. The number of amides is 1. The van der Waals surface area contributed by atoms with Gasteiger partial charge in [0.1, 0.15) is 11.5 Å². The minimum absolute atomic E-state index is 0.0384. The Morgan fingerprint density at radius 2 is 1.56 bits per heavy atom. The molecule has 0 radical (unpaired) electrons. The topological polar surface area (TPSA) is 47.6 Å². The summed E-state index contributed by atoms with van der Waals surface area (Å²) in [4.78, 5) is 12.2. The van der Waals surface area contributed by atoms with E-state index in [9.17, 15) is 4.79 Å². The van der Waals surface area contributed by atoms with Crippen molar-refractivity contribution in [2.45, 2.75) is 13.8 Å². The van der Waals surface area contributed by atoms with Crippen molar-refractivity contribution < 1.29 is 14.3 Å². The number of benzene rings is 3. The van der Waals surface area contributed by atoms with Crippen molar-refractivity contribution in [3.63, 3.8) is 0 Å². The van der Waals surface area contributed by atoms with E-state index in [0.717, 1.165) is 33.3 Å². The van der Waals surface area contributed by atoms with Crippen LogP contribution in [0.3, 0.4) is 0 Å². The number of para-hydroxylation sites is 1. The molecule has 1 N–H and O–H groups in total. The van der Waals surface area contributed by atoms with Gasteiger partial charge in [-0.15, -0.1) is 0 Å². The second-order valence-electron chi connectivity index (χ2n) is 5.98. The van der Waals surface area contributed by atoms with E-state index in [0.29, 0.717) is 5.75 Å². The second kappa shape index (κ2) is 7.26. The van der Waals surface area contributed by atoms with Gasteiger partial charge in [-0.2, -0.15) is 0 Å². The molecule has 0 bridgehead atoms. The van der Waals surface area contributed by atoms with Crippen molar-refractivity contribution in [1.29, 1.82) is 0 Å². The first kappa shape index (κ1) is 16.8. The van der Waals surface area contributed by atoms with Crippen molar-refractivity contribution in [2.24, 2.45) is 0 Å². The van der Waals surface area contributed by atoms with E-state index in [1.54, 1.807) is 7.11 Å². The van der Waals surface area contributed by atoms with E-state index in [4.69, 9.17) is 9.47 Å². The molecule has 0 aliphatic rings. The van der Waals surface area contributed by atoms with Crippen LogP contribution in [0.4, 0.5) is 5.69 Å². The maximum absolute atomic E-state index is 12.2. The van der Waals surface area contributed by atoms with Crippen LogP contribution < -0.4 is 14.8 Å². The number of aryl methyl sites for hydroxylation is 2. The fourth-order valence-electron chi connectivity index (χ4n) is 2.76. The highest BCUT2D eigenvalue weighted by atomic mass is 16.5. The van der Waals surface area contributed by atoms with Crippen LogP contribution >= 0.6 is 0 Å². The van der Waals surface area contributed by atoms with Crippen LogP contribution in [-0.4, -0.2) is 19.6 Å². The zero-order valence-electron chi connectivity index (χ0n) is 14.6. The lowest BCUT2D eigenvalue weighted by Crippen LogP contribution is -2.21. The number of anilines is 1. The molecule has 3 aromatic rings. The molecule has 4 heteroatoms. The fraction of sp³-hybridized carbons (Fsp3) is 0.190. The van der Waals surface area contributed by atoms with Gasteiger partial charge in [0, 0.05) is 5.69 Å². The normalized spacial score (nSPS) is 10.5. The number of carbonyl (C=O) groups excluding carboxylic acids is 1. The summed E-state index contributed by atoms with van der Waals surface area (Å²) in [5.74, 6) is 1.26. The molecule has 0 spiro atoms. The summed E-state index contributed by atoms with van der Waals surface area (Å²) in [5.41, 5.74) is 2.91. The molecular weight excluding hydrogens is 314 g/mol. The van der Waals surface area contributed by atoms with Crippen molar-refractivity contribution in [1.82, 2.24) is 0 Å². The molecule has 0 fully saturated rings. The molecule has 0 atom stereocenters. The average Bonchev–Trinajstić information content (AvgIpc) is 2.62. The van der Waals surface area contributed by atoms with Gasteiger partial charge in [-0.3, -0.25) is 4.79 Å². The largest absolute Gasteiger partial charge is 0.497 e. The predicted octanol–water partition coefficient (Wildman–Crippen LogP) is 4.48. The maximum Gasteiger partial charge on any atom is 0.262 e. The highest BCUT2D eigenvalue weighted by Gasteiger charge is 2.08. The number of carbonyl (C=O) groups is 1. The van der Waals surface area contributed by atoms with Crippen LogP contribution in [0.5, 0.6) is 11.5 Å². The quantitative estimate of drug-likeness (QED) is 0.748. The number of hydrogen-bond donors (Lipinski definition) is 1. The summed E-state index contributed by atoms with van der Waals surface area (Å²) in [6.07, 6.45) is 0. The van der Waals surface area contributed by atoms with Crippen molar-refractivity contribution >= 4 is 22.4 Å². The summed E-state index contributed by atoms with van der Waals surface area (Å²) < 4.78 is 10.9. The predicted molar refractivity (Wildman–Crippen MR) is 101 cm³/mol. The third-order valence-corrected chi connectivity index (χ3v) is 4.13. The lowest BCUT2D eigenvalue weighted by molar-refractivity contribution is -0.118. The maximum atomic E-state index is 12.2. The van der Waals surface area contributed by atoms with Crippen molar-refractivity contribution in [3.05, 3.63) is 65.7 Å². The Hall–Kier alpha value is -3.01. The van der Waals surface area contributed by atoms with E-state index in [1.807, 2.05) is 68.4 Å². The lowest BCUT2D eigenvalue weighted by Gasteiger charge is -2.12. The average molecular weight is 335 g/mol. The third-order valence-electron chi connectivity index (χ3n) is 4.13. The second-order valence-corrected chi connectivity index (χ2v) is 5.98. The lowest BCUT2D eigenvalue weighted by atomic mass is 10.1. The minimum Gasteiger partial charge on any atom is -0.497 e. The molecule has 0 unspecified atom stereocenters. The number of methoxy groups -OCH3 is 1. The van der Waals surface area contributed by atoms with Gasteiger partial charge in [-0.1, -0.05) is 30.3 Å². The third kappa shape index (κ3) is 3.91. The van der Waals surface area contributed by atoms with Gasteiger partial charge in [-0.25, -0.2) is 0 Å². The van der Waals surface area contributed by atoms with E-state index >= 15 is 0 Å². The summed E-state index contributed by atoms with van der Waals surface area (Å²) in [6.45, 7) is 3.91. The number of rotatable bonds is 5.